The van der Waals surface area contributed by atoms with Crippen molar-refractivity contribution in [1.82, 2.24) is 4.90 Å². The molecule has 4 N–H and O–H groups in total. The number of carbonyl (C=O) groups is 1. The summed E-state index contributed by atoms with van der Waals surface area (Å²) in [4.78, 5) is 13.7. The second kappa shape index (κ2) is 7.38. The smallest absolute Gasteiger partial charge is 0.238 e. The van der Waals surface area contributed by atoms with E-state index in [1.807, 2.05) is 18.2 Å². The van der Waals surface area contributed by atoms with Crippen molar-refractivity contribution in [1.29, 1.82) is 0 Å². The summed E-state index contributed by atoms with van der Waals surface area (Å²) in [6.45, 7) is 3.22. The predicted octanol–water partition coefficient (Wildman–Crippen LogP) is 0.788. The molecule has 20 heavy (non-hydrogen) atoms. The number of carbonyl (C=O) groups excluding carboxylic acids is 1. The molecular weight excluding hydrogens is 254 g/mol. The average Bonchev–Trinajstić information content (AvgIpc) is 2.48. The summed E-state index contributed by atoms with van der Waals surface area (Å²) in [5.41, 5.74) is 7.27. The molecule has 0 spiro atoms. The lowest BCUT2D eigenvalue weighted by Gasteiger charge is -2.31. The zero-order chi connectivity index (χ0) is 14.4. The van der Waals surface area contributed by atoms with E-state index in [0.29, 0.717) is 12.5 Å². The largest absolute Gasteiger partial charge is 0.396 e. The number of nitrogens with one attached hydrogen (secondary N) is 1. The lowest BCUT2D eigenvalue weighted by molar-refractivity contribution is -0.114. The second-order valence-electron chi connectivity index (χ2n) is 5.35. The van der Waals surface area contributed by atoms with Gasteiger partial charge in [-0.25, -0.2) is 0 Å². The summed E-state index contributed by atoms with van der Waals surface area (Å²) in [6, 6.07) is 7.87. The number of hydrogen-bond acceptors (Lipinski definition) is 4. The van der Waals surface area contributed by atoms with E-state index >= 15 is 0 Å². The quantitative estimate of drug-likeness (QED) is 0.743. The third kappa shape index (κ3) is 4.30. The highest BCUT2D eigenvalue weighted by Crippen LogP contribution is 2.19. The highest BCUT2D eigenvalue weighted by atomic mass is 16.3. The Bertz CT molecular complexity index is 442. The van der Waals surface area contributed by atoms with E-state index in [4.69, 9.17) is 10.8 Å². The molecule has 2 rings (SSSR count). The van der Waals surface area contributed by atoms with E-state index in [1.54, 1.807) is 0 Å². The Morgan fingerprint density at radius 1 is 1.40 bits per heavy atom. The molecule has 5 heteroatoms. The molecule has 0 aliphatic carbocycles. The van der Waals surface area contributed by atoms with Crippen molar-refractivity contribution < 1.29 is 9.90 Å². The van der Waals surface area contributed by atoms with Crippen molar-refractivity contribution in [2.75, 3.05) is 31.6 Å². The van der Waals surface area contributed by atoms with Crippen molar-refractivity contribution >= 4 is 11.6 Å². The van der Waals surface area contributed by atoms with E-state index in [2.05, 4.69) is 16.3 Å². The number of aliphatic hydroxyl groups is 1. The van der Waals surface area contributed by atoms with Crippen LogP contribution in [-0.2, 0) is 11.3 Å². The van der Waals surface area contributed by atoms with Crippen LogP contribution in [0.1, 0.15) is 18.4 Å². The Kier molecular flexibility index (Phi) is 5.52. The number of nitrogens with zero attached hydrogens (tertiary/aromatic N) is 1. The van der Waals surface area contributed by atoms with Crippen molar-refractivity contribution in [3.63, 3.8) is 0 Å². The first-order chi connectivity index (χ1) is 9.71. The third-order valence-corrected chi connectivity index (χ3v) is 3.77. The molecule has 5 nitrogen and oxygen atoms in total. The molecule has 0 unspecified atom stereocenters. The third-order valence-electron chi connectivity index (χ3n) is 3.77. The van der Waals surface area contributed by atoms with Crippen molar-refractivity contribution in [2.45, 2.75) is 19.4 Å². The number of benzene rings is 1. The van der Waals surface area contributed by atoms with Gasteiger partial charge < -0.3 is 16.2 Å². The molecule has 0 atom stereocenters. The summed E-state index contributed by atoms with van der Waals surface area (Å²) >= 11 is 0. The van der Waals surface area contributed by atoms with E-state index in [-0.39, 0.29) is 12.5 Å². The molecule has 110 valence electrons. The van der Waals surface area contributed by atoms with Gasteiger partial charge in [0.05, 0.1) is 6.54 Å². The minimum Gasteiger partial charge on any atom is -0.396 e. The van der Waals surface area contributed by atoms with E-state index in [9.17, 15) is 4.79 Å². The molecule has 1 aromatic rings. The first-order valence-corrected chi connectivity index (χ1v) is 7.13. The Labute approximate surface area is 119 Å². The predicted molar refractivity (Wildman–Crippen MR) is 79.2 cm³/mol. The van der Waals surface area contributed by atoms with Gasteiger partial charge in [0.2, 0.25) is 5.91 Å². The van der Waals surface area contributed by atoms with E-state index in [1.165, 1.54) is 5.56 Å². The molecule has 1 fully saturated rings. The standard InChI is InChI=1S/C15H23N3O2/c16-9-15(20)17-14-3-1-2-13(8-14)10-18-6-4-12(11-19)5-7-18/h1-3,8,12,19H,4-7,9-11,16H2,(H,17,20). The fourth-order valence-electron chi connectivity index (χ4n) is 2.54. The number of hydrogen-bond donors (Lipinski definition) is 3. The van der Waals surface area contributed by atoms with Crippen LogP contribution in [0.4, 0.5) is 5.69 Å². The van der Waals surface area contributed by atoms with Gasteiger partial charge in [-0.1, -0.05) is 12.1 Å². The van der Waals surface area contributed by atoms with Crippen LogP contribution >= 0.6 is 0 Å². The molecule has 1 saturated heterocycles. The number of amides is 1. The van der Waals surface area contributed by atoms with E-state index in [0.717, 1.165) is 38.2 Å². The summed E-state index contributed by atoms with van der Waals surface area (Å²) < 4.78 is 0. The maximum atomic E-state index is 11.3. The highest BCUT2D eigenvalue weighted by molar-refractivity contribution is 5.92. The Hall–Kier alpha value is -1.43. The van der Waals surface area contributed by atoms with Crippen molar-refractivity contribution in [3.05, 3.63) is 29.8 Å². The van der Waals surface area contributed by atoms with Gasteiger partial charge in [-0.15, -0.1) is 0 Å². The van der Waals surface area contributed by atoms with Crippen LogP contribution < -0.4 is 11.1 Å². The van der Waals surface area contributed by atoms with Gasteiger partial charge in [-0.05, 0) is 49.5 Å². The van der Waals surface area contributed by atoms with Crippen molar-refractivity contribution in [2.24, 2.45) is 11.7 Å². The maximum Gasteiger partial charge on any atom is 0.238 e. The lowest BCUT2D eigenvalue weighted by Crippen LogP contribution is -2.34. The Morgan fingerprint density at radius 3 is 2.80 bits per heavy atom. The summed E-state index contributed by atoms with van der Waals surface area (Å²) in [7, 11) is 0. The fraction of sp³-hybridized carbons (Fsp3) is 0.533. The monoisotopic (exact) mass is 277 g/mol. The molecule has 0 aromatic heterocycles. The van der Waals surface area contributed by atoms with Crippen LogP contribution in [0.5, 0.6) is 0 Å². The number of aliphatic hydroxyl groups excluding tert-OH is 1. The number of piperidine rings is 1. The first kappa shape index (κ1) is 15.0. The zero-order valence-electron chi connectivity index (χ0n) is 11.7. The van der Waals surface area contributed by atoms with Gasteiger partial charge in [0, 0.05) is 18.8 Å². The van der Waals surface area contributed by atoms with Gasteiger partial charge >= 0.3 is 0 Å². The van der Waals surface area contributed by atoms with Crippen LogP contribution in [0.25, 0.3) is 0 Å². The van der Waals surface area contributed by atoms with Crippen LogP contribution in [0.2, 0.25) is 0 Å². The topological polar surface area (TPSA) is 78.6 Å². The number of rotatable bonds is 5. The molecule has 1 aliphatic heterocycles. The SMILES string of the molecule is NCC(=O)Nc1cccc(CN2CCC(CO)CC2)c1. The normalized spacial score (nSPS) is 17.1. The molecule has 0 radical (unpaired) electrons. The molecule has 1 heterocycles. The van der Waals surface area contributed by atoms with Gasteiger partial charge in [0.25, 0.3) is 0 Å². The Balaban J connectivity index is 1.90. The van der Waals surface area contributed by atoms with Crippen LogP contribution in [0.15, 0.2) is 24.3 Å². The average molecular weight is 277 g/mol. The molecule has 1 aliphatic rings. The summed E-state index contributed by atoms with van der Waals surface area (Å²) in [5.74, 6) is 0.285. The van der Waals surface area contributed by atoms with Crippen LogP contribution in [0.3, 0.4) is 0 Å². The zero-order valence-corrected chi connectivity index (χ0v) is 11.7. The van der Waals surface area contributed by atoms with Gasteiger partial charge in [0.1, 0.15) is 0 Å². The number of nitrogens with two attached hydrogens (primary N) is 1. The molecule has 0 bridgehead atoms. The van der Waals surface area contributed by atoms with Gasteiger partial charge in [-0.2, -0.15) is 0 Å². The first-order valence-electron chi connectivity index (χ1n) is 7.13. The number of anilines is 1. The molecular formula is C15H23N3O2. The van der Waals surface area contributed by atoms with Crippen LogP contribution in [0, 0.1) is 5.92 Å². The van der Waals surface area contributed by atoms with E-state index < -0.39 is 0 Å². The highest BCUT2D eigenvalue weighted by Gasteiger charge is 2.18. The van der Waals surface area contributed by atoms with Crippen molar-refractivity contribution in [3.8, 4) is 0 Å². The second-order valence-corrected chi connectivity index (χ2v) is 5.35. The molecule has 1 aromatic carbocycles. The number of likely N-dealkylation sites (tertiary alicyclic amines) is 1. The fourth-order valence-corrected chi connectivity index (χ4v) is 2.54. The summed E-state index contributed by atoms with van der Waals surface area (Å²) in [6.07, 6.45) is 2.11. The van der Waals surface area contributed by atoms with Crippen LogP contribution in [-0.4, -0.2) is 42.2 Å². The molecule has 0 saturated carbocycles. The minimum atomic E-state index is -0.175. The lowest BCUT2D eigenvalue weighted by atomic mass is 9.97. The Morgan fingerprint density at radius 2 is 2.15 bits per heavy atom. The molecule has 1 amide bonds. The van der Waals surface area contributed by atoms with Gasteiger partial charge in [-0.3, -0.25) is 9.69 Å². The van der Waals surface area contributed by atoms with Gasteiger partial charge in [0.15, 0.2) is 0 Å². The summed E-state index contributed by atoms with van der Waals surface area (Å²) in [5, 5.41) is 11.9. The minimum absolute atomic E-state index is 0.00109. The maximum absolute atomic E-state index is 11.3.